The predicted octanol–water partition coefficient (Wildman–Crippen LogP) is 4.69. The predicted molar refractivity (Wildman–Crippen MR) is 105 cm³/mol. The Labute approximate surface area is 172 Å². The molecule has 1 fully saturated rings. The number of carbonyl (C=O) groups excluding carboxylic acids is 1. The van der Waals surface area contributed by atoms with E-state index < -0.39 is 35.3 Å². The van der Waals surface area contributed by atoms with Crippen LogP contribution in [0.1, 0.15) is 25.3 Å². The number of likely N-dealkylation sites (tertiary alicyclic amines) is 1. The summed E-state index contributed by atoms with van der Waals surface area (Å²) in [7, 11) is 0. The van der Waals surface area contributed by atoms with E-state index in [1.54, 1.807) is 0 Å². The summed E-state index contributed by atoms with van der Waals surface area (Å²) < 4.78 is 66.1. The lowest BCUT2D eigenvalue weighted by Crippen LogP contribution is -2.44. The van der Waals surface area contributed by atoms with E-state index in [-0.39, 0.29) is 23.5 Å². The quantitative estimate of drug-likeness (QED) is 0.406. The Balaban J connectivity index is 1.98. The fraction of sp³-hybridized carbons (Fsp3) is 0.409. The van der Waals surface area contributed by atoms with Crippen LogP contribution in [-0.4, -0.2) is 36.1 Å². The highest BCUT2D eigenvalue weighted by Gasteiger charge is 2.33. The highest BCUT2D eigenvalue weighted by atomic mass is 19.4. The van der Waals surface area contributed by atoms with Gasteiger partial charge in [-0.05, 0) is 61.9 Å². The van der Waals surface area contributed by atoms with Crippen molar-refractivity contribution in [2.24, 2.45) is 11.7 Å². The first kappa shape index (κ1) is 23.8. The van der Waals surface area contributed by atoms with Gasteiger partial charge in [-0.2, -0.15) is 13.2 Å². The van der Waals surface area contributed by atoms with Crippen LogP contribution in [0.2, 0.25) is 0 Å². The first-order valence-corrected chi connectivity index (χ1v) is 9.60. The van der Waals surface area contributed by atoms with Crippen molar-refractivity contribution in [3.8, 4) is 0 Å². The molecule has 0 bridgehead atoms. The zero-order valence-electron chi connectivity index (χ0n) is 16.7. The van der Waals surface area contributed by atoms with Crippen LogP contribution < -0.4 is 5.73 Å². The minimum absolute atomic E-state index is 0.00704. The molecule has 1 aromatic rings. The monoisotopic (exact) mass is 428 g/mol. The maximum absolute atomic E-state index is 13.8. The molecule has 0 aromatic heterocycles. The summed E-state index contributed by atoms with van der Waals surface area (Å²) in [5.41, 5.74) is 5.41. The Bertz CT molecular complexity index is 836. The second kappa shape index (κ2) is 10.0. The molecule has 1 aliphatic rings. The summed E-state index contributed by atoms with van der Waals surface area (Å²) in [6, 6.07) is 2.81. The molecule has 1 aliphatic heterocycles. The van der Waals surface area contributed by atoms with Gasteiger partial charge in [0.05, 0.1) is 5.57 Å². The Morgan fingerprint density at radius 2 is 1.93 bits per heavy atom. The molecule has 1 amide bonds. The molecule has 1 saturated heterocycles. The molecule has 0 spiro atoms. The molecule has 0 unspecified atom stereocenters. The summed E-state index contributed by atoms with van der Waals surface area (Å²) in [6.07, 6.45) is -0.699. The van der Waals surface area contributed by atoms with Crippen LogP contribution in [0, 0.1) is 17.6 Å². The average molecular weight is 428 g/mol. The highest BCUT2D eigenvalue weighted by molar-refractivity contribution is 5.93. The molecule has 2 N–H and O–H groups in total. The third-order valence-electron chi connectivity index (χ3n) is 5.23. The SMILES string of the molecule is C=C/C=C(\C=C(/C)C(=O)N1CCC([C@@H](N)Cc2cc(F)ccc2F)CC1)C(F)(F)F. The zero-order valence-corrected chi connectivity index (χ0v) is 16.7. The van der Waals surface area contributed by atoms with Crippen molar-refractivity contribution in [3.63, 3.8) is 0 Å². The number of nitrogens with two attached hydrogens (primary N) is 1. The number of halogens is 5. The second-order valence-electron chi connectivity index (χ2n) is 7.42. The van der Waals surface area contributed by atoms with Gasteiger partial charge in [-0.1, -0.05) is 18.7 Å². The Kier molecular flexibility index (Phi) is 7.95. The van der Waals surface area contributed by atoms with E-state index in [1.807, 2.05) is 0 Å². The van der Waals surface area contributed by atoms with Gasteiger partial charge >= 0.3 is 6.18 Å². The van der Waals surface area contributed by atoms with Crippen LogP contribution >= 0.6 is 0 Å². The number of hydrogen-bond donors (Lipinski definition) is 1. The molecule has 30 heavy (non-hydrogen) atoms. The van der Waals surface area contributed by atoms with Gasteiger partial charge in [-0.3, -0.25) is 4.79 Å². The Hall–Kier alpha value is -2.48. The lowest BCUT2D eigenvalue weighted by atomic mass is 9.86. The molecular weight excluding hydrogens is 403 g/mol. The topological polar surface area (TPSA) is 46.3 Å². The summed E-state index contributed by atoms with van der Waals surface area (Å²) in [6.45, 7) is 5.27. The van der Waals surface area contributed by atoms with Crippen molar-refractivity contribution in [1.82, 2.24) is 4.90 Å². The molecule has 3 nitrogen and oxygen atoms in total. The number of benzene rings is 1. The fourth-order valence-corrected chi connectivity index (χ4v) is 3.55. The Morgan fingerprint density at radius 1 is 1.30 bits per heavy atom. The van der Waals surface area contributed by atoms with E-state index in [4.69, 9.17) is 5.73 Å². The lowest BCUT2D eigenvalue weighted by Gasteiger charge is -2.35. The number of alkyl halides is 3. The largest absolute Gasteiger partial charge is 0.416 e. The van der Waals surface area contributed by atoms with E-state index in [0.29, 0.717) is 25.9 Å². The highest BCUT2D eigenvalue weighted by Crippen LogP contribution is 2.29. The van der Waals surface area contributed by atoms with E-state index in [0.717, 1.165) is 36.4 Å². The molecular formula is C22H25F5N2O. The van der Waals surface area contributed by atoms with E-state index in [2.05, 4.69) is 6.58 Å². The van der Waals surface area contributed by atoms with Gasteiger partial charge < -0.3 is 10.6 Å². The van der Waals surface area contributed by atoms with Gasteiger partial charge in [0.25, 0.3) is 0 Å². The van der Waals surface area contributed by atoms with Crippen molar-refractivity contribution in [2.45, 2.75) is 38.4 Å². The summed E-state index contributed by atoms with van der Waals surface area (Å²) in [4.78, 5) is 14.0. The van der Waals surface area contributed by atoms with Gasteiger partial charge in [0.2, 0.25) is 5.91 Å². The zero-order chi connectivity index (χ0) is 22.5. The van der Waals surface area contributed by atoms with Crippen LogP contribution in [-0.2, 0) is 11.2 Å². The minimum atomic E-state index is -4.58. The van der Waals surface area contributed by atoms with Gasteiger partial charge in [-0.25, -0.2) is 8.78 Å². The smallest absolute Gasteiger partial charge is 0.339 e. The Morgan fingerprint density at radius 3 is 2.50 bits per heavy atom. The number of rotatable bonds is 6. The molecule has 8 heteroatoms. The maximum atomic E-state index is 13.8. The first-order chi connectivity index (χ1) is 14.0. The van der Waals surface area contributed by atoms with Crippen molar-refractivity contribution < 1.29 is 26.7 Å². The van der Waals surface area contributed by atoms with Crippen LogP contribution in [0.5, 0.6) is 0 Å². The summed E-state index contributed by atoms with van der Waals surface area (Å²) in [5, 5.41) is 0. The van der Waals surface area contributed by atoms with Crippen molar-refractivity contribution in [3.05, 3.63) is 71.4 Å². The van der Waals surface area contributed by atoms with Crippen molar-refractivity contribution >= 4 is 5.91 Å². The minimum Gasteiger partial charge on any atom is -0.339 e. The first-order valence-electron chi connectivity index (χ1n) is 9.60. The fourth-order valence-electron chi connectivity index (χ4n) is 3.55. The molecule has 1 heterocycles. The molecule has 1 aromatic carbocycles. The summed E-state index contributed by atoms with van der Waals surface area (Å²) >= 11 is 0. The van der Waals surface area contributed by atoms with Crippen LogP contribution in [0.4, 0.5) is 22.0 Å². The van der Waals surface area contributed by atoms with E-state index >= 15 is 0 Å². The number of hydrogen-bond acceptors (Lipinski definition) is 2. The number of carbonyl (C=O) groups is 1. The van der Waals surface area contributed by atoms with Gasteiger partial charge in [0, 0.05) is 24.7 Å². The van der Waals surface area contributed by atoms with Crippen LogP contribution in [0.15, 0.2) is 54.2 Å². The van der Waals surface area contributed by atoms with Crippen LogP contribution in [0.25, 0.3) is 0 Å². The summed E-state index contributed by atoms with van der Waals surface area (Å²) in [5.74, 6) is -1.54. The normalized spacial score (nSPS) is 17.8. The number of nitrogens with zero attached hydrogens (tertiary/aromatic N) is 1. The van der Waals surface area contributed by atoms with Gasteiger partial charge in [-0.15, -0.1) is 0 Å². The standard InChI is InChI=1S/C22H25F5N2O/c1-3-4-17(22(25,26)27)11-14(2)21(30)29-9-7-15(8-10-29)20(28)13-16-12-18(23)5-6-19(16)24/h3-6,11-12,15,20H,1,7-10,13,28H2,2H3/b14-11+,17-4+/t20-/m0/s1. The number of piperidine rings is 1. The van der Waals surface area contributed by atoms with Crippen LogP contribution in [0.3, 0.4) is 0 Å². The molecule has 1 atom stereocenters. The number of amides is 1. The van der Waals surface area contributed by atoms with Gasteiger partial charge in [0.15, 0.2) is 0 Å². The van der Waals surface area contributed by atoms with E-state index in [1.165, 1.54) is 11.8 Å². The lowest BCUT2D eigenvalue weighted by molar-refractivity contribution is -0.128. The molecule has 0 radical (unpaired) electrons. The van der Waals surface area contributed by atoms with Crippen molar-refractivity contribution in [1.29, 1.82) is 0 Å². The average Bonchev–Trinajstić information content (AvgIpc) is 2.69. The van der Waals surface area contributed by atoms with E-state index in [9.17, 15) is 26.7 Å². The van der Waals surface area contributed by atoms with Gasteiger partial charge in [0.1, 0.15) is 11.6 Å². The molecule has 2 rings (SSSR count). The maximum Gasteiger partial charge on any atom is 0.416 e. The third-order valence-corrected chi connectivity index (χ3v) is 5.23. The molecule has 0 aliphatic carbocycles. The third kappa shape index (κ3) is 6.26. The second-order valence-corrected chi connectivity index (χ2v) is 7.42. The van der Waals surface area contributed by atoms with Crippen molar-refractivity contribution in [2.75, 3.05) is 13.1 Å². The molecule has 164 valence electrons. The molecule has 0 saturated carbocycles. The number of allylic oxidation sites excluding steroid dienone is 4.